The molecule has 0 heterocycles. The van der Waals surface area contributed by atoms with E-state index < -0.39 is 23.8 Å². The highest BCUT2D eigenvalue weighted by atomic mass is 16.4. The molecule has 9 atom stereocenters. The monoisotopic (exact) mass is 388 g/mol. The second-order valence-corrected chi connectivity index (χ2v) is 9.63. The Balaban J connectivity index is 1.77. The Morgan fingerprint density at radius 1 is 1.18 bits per heavy atom. The molecule has 0 aromatic rings. The van der Waals surface area contributed by atoms with Crippen molar-refractivity contribution < 1.29 is 19.8 Å². The second-order valence-electron chi connectivity index (χ2n) is 9.63. The summed E-state index contributed by atoms with van der Waals surface area (Å²) in [5, 5.41) is 19.3. The molecule has 3 rings (SSSR count). The number of allylic oxidation sites excluding steroid dienone is 3. The molecule has 3 fully saturated rings. The van der Waals surface area contributed by atoms with Crippen molar-refractivity contribution in [3.8, 4) is 0 Å². The van der Waals surface area contributed by atoms with Gasteiger partial charge in [0.05, 0.1) is 11.8 Å². The number of carbonyl (C=O) groups is 2. The van der Waals surface area contributed by atoms with Crippen molar-refractivity contribution in [2.75, 3.05) is 0 Å². The predicted octanol–water partition coefficient (Wildman–Crippen LogP) is 5.25. The largest absolute Gasteiger partial charge is 0.481 e. The first-order valence-electron chi connectivity index (χ1n) is 11.1. The van der Waals surface area contributed by atoms with Crippen LogP contribution in [0.4, 0.5) is 0 Å². The van der Waals surface area contributed by atoms with Gasteiger partial charge in [0.15, 0.2) is 0 Å². The van der Waals surface area contributed by atoms with E-state index >= 15 is 0 Å². The minimum absolute atomic E-state index is 0.195. The van der Waals surface area contributed by atoms with Gasteiger partial charge in [0, 0.05) is 0 Å². The first-order chi connectivity index (χ1) is 13.3. The molecular weight excluding hydrogens is 352 g/mol. The van der Waals surface area contributed by atoms with Crippen LogP contribution in [0.25, 0.3) is 0 Å². The molecule has 0 spiro atoms. The summed E-state index contributed by atoms with van der Waals surface area (Å²) in [4.78, 5) is 23.6. The first-order valence-corrected chi connectivity index (χ1v) is 11.1. The van der Waals surface area contributed by atoms with Crippen LogP contribution < -0.4 is 0 Å². The average molecular weight is 389 g/mol. The van der Waals surface area contributed by atoms with E-state index in [2.05, 4.69) is 33.4 Å². The number of aliphatic carboxylic acids is 2. The third-order valence-corrected chi connectivity index (χ3v) is 8.14. The third kappa shape index (κ3) is 3.67. The van der Waals surface area contributed by atoms with Gasteiger partial charge in [0.25, 0.3) is 0 Å². The van der Waals surface area contributed by atoms with E-state index in [1.807, 2.05) is 0 Å². The van der Waals surface area contributed by atoms with Gasteiger partial charge in [-0.3, -0.25) is 9.59 Å². The van der Waals surface area contributed by atoms with Gasteiger partial charge in [-0.25, -0.2) is 0 Å². The summed E-state index contributed by atoms with van der Waals surface area (Å²) in [6, 6.07) is 0. The molecular formula is C24H36O4. The maximum absolute atomic E-state index is 11.9. The standard InChI is InChI=1S/C24H36O4/c1-5-7-8-13(3)20-14(4)19-12-18(20)11-16(19)10-17-9-15(6-2)21(23(25)26)22(17)24(27)28/h6,10,13-15,17-22H,2,5,7-9,11-12H2,1,3-4H3,(H,25,26)(H,27,28)/b16-10+. The lowest BCUT2D eigenvalue weighted by molar-refractivity contribution is -0.153. The van der Waals surface area contributed by atoms with Gasteiger partial charge in [-0.1, -0.05) is 57.8 Å². The number of carboxylic acid groups (broad SMARTS) is 2. The van der Waals surface area contributed by atoms with Crippen LogP contribution in [0.1, 0.15) is 59.3 Å². The van der Waals surface area contributed by atoms with E-state index in [0.717, 1.165) is 18.3 Å². The van der Waals surface area contributed by atoms with Crippen LogP contribution >= 0.6 is 0 Å². The fraction of sp³-hybridized carbons (Fsp3) is 0.750. The Morgan fingerprint density at radius 2 is 1.82 bits per heavy atom. The Hall–Kier alpha value is -1.58. The normalized spacial score (nSPS) is 42.0. The highest BCUT2D eigenvalue weighted by Gasteiger charge is 2.52. The molecule has 3 saturated carbocycles. The van der Waals surface area contributed by atoms with Crippen molar-refractivity contribution >= 4 is 11.9 Å². The smallest absolute Gasteiger partial charge is 0.307 e. The van der Waals surface area contributed by atoms with Gasteiger partial charge in [0.2, 0.25) is 0 Å². The summed E-state index contributed by atoms with van der Waals surface area (Å²) < 4.78 is 0. The molecule has 4 heteroatoms. The van der Waals surface area contributed by atoms with Crippen LogP contribution in [0.15, 0.2) is 24.3 Å². The minimum Gasteiger partial charge on any atom is -0.481 e. The minimum atomic E-state index is -1.01. The van der Waals surface area contributed by atoms with E-state index in [4.69, 9.17) is 0 Å². The van der Waals surface area contributed by atoms with Gasteiger partial charge in [-0.2, -0.15) is 0 Å². The quantitative estimate of drug-likeness (QED) is 0.557. The fourth-order valence-corrected chi connectivity index (χ4v) is 6.95. The molecule has 0 aromatic heterocycles. The Bertz CT molecular complexity index is 649. The molecule has 156 valence electrons. The molecule has 3 aliphatic carbocycles. The molecule has 4 nitrogen and oxygen atoms in total. The van der Waals surface area contributed by atoms with Crippen LogP contribution in [0, 0.1) is 53.3 Å². The molecule has 3 aliphatic rings. The summed E-state index contributed by atoms with van der Waals surface area (Å²) in [5.41, 5.74) is 1.40. The summed E-state index contributed by atoms with van der Waals surface area (Å²) in [6.45, 7) is 10.8. The molecule has 0 aromatic carbocycles. The lowest BCUT2D eigenvalue weighted by Gasteiger charge is -2.35. The van der Waals surface area contributed by atoms with E-state index in [0.29, 0.717) is 24.2 Å². The number of hydrogen-bond acceptors (Lipinski definition) is 2. The molecule has 2 N–H and O–H groups in total. The lowest BCUT2D eigenvalue weighted by atomic mass is 9.70. The Kier molecular flexibility index (Phi) is 6.36. The average Bonchev–Trinajstić information content (AvgIpc) is 3.30. The van der Waals surface area contributed by atoms with Crippen LogP contribution in [0.3, 0.4) is 0 Å². The van der Waals surface area contributed by atoms with Crippen LogP contribution in [0.2, 0.25) is 0 Å². The van der Waals surface area contributed by atoms with Gasteiger partial charge in [0.1, 0.15) is 0 Å². The Morgan fingerprint density at radius 3 is 2.36 bits per heavy atom. The summed E-state index contributed by atoms with van der Waals surface area (Å²) in [6.07, 6.45) is 10.6. The SMILES string of the molecule is C=CC1CC(/C=C2\CC3CC2C(C)C3C(C)CCCC)C(C(=O)O)C1C(=O)O. The molecule has 28 heavy (non-hydrogen) atoms. The lowest BCUT2D eigenvalue weighted by Crippen LogP contribution is -2.31. The van der Waals surface area contributed by atoms with Crippen molar-refractivity contribution in [2.45, 2.75) is 59.3 Å². The van der Waals surface area contributed by atoms with Crippen LogP contribution in [-0.2, 0) is 9.59 Å². The van der Waals surface area contributed by atoms with Crippen molar-refractivity contribution in [3.63, 3.8) is 0 Å². The number of rotatable bonds is 8. The second kappa shape index (κ2) is 8.42. The first kappa shape index (κ1) is 21.1. The number of unbranched alkanes of at least 4 members (excludes halogenated alkanes) is 1. The third-order valence-electron chi connectivity index (χ3n) is 8.14. The maximum atomic E-state index is 11.9. The fourth-order valence-electron chi connectivity index (χ4n) is 6.95. The number of carboxylic acids is 2. The molecule has 0 amide bonds. The highest BCUT2D eigenvalue weighted by Crippen LogP contribution is 2.58. The zero-order valence-corrected chi connectivity index (χ0v) is 17.5. The van der Waals surface area contributed by atoms with Crippen molar-refractivity contribution in [3.05, 3.63) is 24.3 Å². The van der Waals surface area contributed by atoms with Crippen molar-refractivity contribution in [2.24, 2.45) is 53.3 Å². The van der Waals surface area contributed by atoms with E-state index in [1.54, 1.807) is 6.08 Å². The van der Waals surface area contributed by atoms with E-state index in [1.165, 1.54) is 31.3 Å². The number of fused-ring (bicyclic) bond motifs is 2. The van der Waals surface area contributed by atoms with Gasteiger partial charge >= 0.3 is 11.9 Å². The molecule has 9 unspecified atom stereocenters. The summed E-state index contributed by atoms with van der Waals surface area (Å²) >= 11 is 0. The summed E-state index contributed by atoms with van der Waals surface area (Å²) in [5.74, 6) is -0.717. The zero-order chi connectivity index (χ0) is 20.6. The number of hydrogen-bond donors (Lipinski definition) is 2. The van der Waals surface area contributed by atoms with Crippen molar-refractivity contribution in [1.29, 1.82) is 0 Å². The summed E-state index contributed by atoms with van der Waals surface area (Å²) in [7, 11) is 0. The van der Waals surface area contributed by atoms with Crippen molar-refractivity contribution in [1.82, 2.24) is 0 Å². The topological polar surface area (TPSA) is 74.6 Å². The molecule has 2 bridgehead atoms. The van der Waals surface area contributed by atoms with E-state index in [9.17, 15) is 19.8 Å². The molecule has 0 radical (unpaired) electrons. The Labute approximate surface area is 169 Å². The highest BCUT2D eigenvalue weighted by molar-refractivity contribution is 5.81. The van der Waals surface area contributed by atoms with Gasteiger partial charge in [-0.05, 0) is 60.7 Å². The predicted molar refractivity (Wildman–Crippen MR) is 110 cm³/mol. The van der Waals surface area contributed by atoms with Gasteiger partial charge in [-0.15, -0.1) is 6.58 Å². The maximum Gasteiger partial charge on any atom is 0.307 e. The van der Waals surface area contributed by atoms with Crippen LogP contribution in [0.5, 0.6) is 0 Å². The molecule has 0 saturated heterocycles. The van der Waals surface area contributed by atoms with E-state index in [-0.39, 0.29) is 11.8 Å². The van der Waals surface area contributed by atoms with Gasteiger partial charge < -0.3 is 10.2 Å². The molecule has 0 aliphatic heterocycles. The zero-order valence-electron chi connectivity index (χ0n) is 17.5. The van der Waals surface area contributed by atoms with Crippen LogP contribution in [-0.4, -0.2) is 22.2 Å².